The first-order valence-electron chi connectivity index (χ1n) is 12.5. The number of amides is 1. The van der Waals surface area contributed by atoms with Crippen LogP contribution in [0, 0.1) is 0 Å². The first-order chi connectivity index (χ1) is 18.4. The number of hydrogen-bond acceptors (Lipinski definition) is 7. The normalized spacial score (nSPS) is 15.5. The van der Waals surface area contributed by atoms with Gasteiger partial charge in [0.1, 0.15) is 5.75 Å². The van der Waals surface area contributed by atoms with Crippen LogP contribution in [-0.2, 0) is 14.8 Å². The number of aromatic nitrogens is 1. The van der Waals surface area contributed by atoms with E-state index in [1.165, 1.54) is 34.8 Å². The summed E-state index contributed by atoms with van der Waals surface area (Å²) in [7, 11) is -2.27. The molecule has 4 aromatic rings. The number of thiazole rings is 1. The number of rotatable bonds is 9. The van der Waals surface area contributed by atoms with Gasteiger partial charge < -0.3 is 9.47 Å². The Hall–Kier alpha value is -3.47. The van der Waals surface area contributed by atoms with E-state index in [9.17, 15) is 13.2 Å². The summed E-state index contributed by atoms with van der Waals surface area (Å²) >= 11 is 1.42. The van der Waals surface area contributed by atoms with Gasteiger partial charge >= 0.3 is 0 Å². The van der Waals surface area contributed by atoms with Gasteiger partial charge in [0, 0.05) is 19.2 Å². The largest absolute Gasteiger partial charge is 0.494 e. The molecular formula is C28H29N3O5S2. The third-order valence-corrected chi connectivity index (χ3v) is 9.27. The second kappa shape index (κ2) is 11.1. The molecule has 2 heterocycles. The zero-order valence-electron chi connectivity index (χ0n) is 21.2. The topological polar surface area (TPSA) is 89.0 Å². The van der Waals surface area contributed by atoms with E-state index >= 15 is 0 Å². The van der Waals surface area contributed by atoms with Gasteiger partial charge in [0.2, 0.25) is 0 Å². The van der Waals surface area contributed by atoms with E-state index in [1.807, 2.05) is 31.2 Å². The lowest BCUT2D eigenvalue weighted by Crippen LogP contribution is -2.37. The summed E-state index contributed by atoms with van der Waals surface area (Å²) in [6.45, 7) is 3.54. The predicted octanol–water partition coefficient (Wildman–Crippen LogP) is 5.35. The van der Waals surface area contributed by atoms with Crippen molar-refractivity contribution >= 4 is 48.3 Å². The molecule has 1 aliphatic heterocycles. The Morgan fingerprint density at radius 2 is 1.87 bits per heavy atom. The van der Waals surface area contributed by atoms with E-state index in [1.54, 1.807) is 41.3 Å². The molecule has 198 valence electrons. The van der Waals surface area contributed by atoms with Crippen molar-refractivity contribution in [1.29, 1.82) is 0 Å². The van der Waals surface area contributed by atoms with E-state index < -0.39 is 10.0 Å². The van der Waals surface area contributed by atoms with Crippen LogP contribution in [0.1, 0.15) is 30.1 Å². The molecule has 1 fully saturated rings. The van der Waals surface area contributed by atoms with Gasteiger partial charge in [-0.3, -0.25) is 14.0 Å². The van der Waals surface area contributed by atoms with Crippen molar-refractivity contribution in [3.63, 3.8) is 0 Å². The minimum Gasteiger partial charge on any atom is -0.494 e. The molecule has 0 bridgehead atoms. The minimum absolute atomic E-state index is 0.0795. The quantitative estimate of drug-likeness (QED) is 0.279. The molecule has 1 unspecified atom stereocenters. The Labute approximate surface area is 226 Å². The number of fused-ring (bicyclic) bond motifs is 1. The summed E-state index contributed by atoms with van der Waals surface area (Å²) in [4.78, 5) is 20.2. The summed E-state index contributed by atoms with van der Waals surface area (Å²) in [6.07, 6.45) is 1.74. The highest BCUT2D eigenvalue weighted by Gasteiger charge is 2.28. The lowest BCUT2D eigenvalue weighted by Gasteiger charge is -2.23. The van der Waals surface area contributed by atoms with Crippen LogP contribution in [-0.4, -0.2) is 52.2 Å². The number of anilines is 2. The van der Waals surface area contributed by atoms with Crippen LogP contribution < -0.4 is 13.9 Å². The SMILES string of the molecule is CCOc1ccc2nc(N(CC3CCCO3)C(=O)c3ccc(S(=O)(=O)N(C)c4ccccc4)cc3)sc2c1. The van der Waals surface area contributed by atoms with E-state index in [4.69, 9.17) is 14.5 Å². The summed E-state index contributed by atoms with van der Waals surface area (Å²) < 4.78 is 39.9. The number of ether oxygens (including phenoxy) is 2. The van der Waals surface area contributed by atoms with Gasteiger partial charge in [0.15, 0.2) is 5.13 Å². The van der Waals surface area contributed by atoms with Crippen LogP contribution in [0.3, 0.4) is 0 Å². The Kier molecular flexibility index (Phi) is 7.64. The lowest BCUT2D eigenvalue weighted by molar-refractivity contribution is 0.0917. The second-order valence-corrected chi connectivity index (χ2v) is 11.9. The maximum absolute atomic E-state index is 13.7. The fourth-order valence-corrected chi connectivity index (χ4v) is 6.56. The van der Waals surface area contributed by atoms with Crippen LogP contribution in [0.15, 0.2) is 77.7 Å². The number of para-hydroxylation sites is 1. The molecule has 1 atom stereocenters. The van der Waals surface area contributed by atoms with E-state index in [-0.39, 0.29) is 16.9 Å². The molecule has 0 N–H and O–H groups in total. The highest BCUT2D eigenvalue weighted by molar-refractivity contribution is 7.92. The fraction of sp³-hybridized carbons (Fsp3) is 0.286. The van der Waals surface area contributed by atoms with Crippen molar-refractivity contribution in [1.82, 2.24) is 4.98 Å². The molecule has 5 rings (SSSR count). The highest BCUT2D eigenvalue weighted by atomic mass is 32.2. The van der Waals surface area contributed by atoms with Crippen molar-refractivity contribution in [2.75, 3.05) is 36.0 Å². The Bertz CT molecular complexity index is 1520. The standard InChI is InChI=1S/C28H29N3O5S2/c1-3-35-22-13-16-25-26(18-22)37-28(29-25)31(19-23-10-7-17-36-23)27(32)20-11-14-24(15-12-20)38(33,34)30(2)21-8-5-4-6-9-21/h4-6,8-9,11-16,18,23H,3,7,10,17,19H2,1-2H3. The third-order valence-electron chi connectivity index (χ3n) is 6.43. The van der Waals surface area contributed by atoms with E-state index in [2.05, 4.69) is 0 Å². The van der Waals surface area contributed by atoms with Crippen molar-refractivity contribution in [3.05, 3.63) is 78.4 Å². The molecule has 0 spiro atoms. The third kappa shape index (κ3) is 5.38. The first kappa shape index (κ1) is 26.1. The van der Waals surface area contributed by atoms with Gasteiger partial charge in [-0.05, 0) is 74.4 Å². The molecular weight excluding hydrogens is 522 g/mol. The average molecular weight is 552 g/mol. The highest BCUT2D eigenvalue weighted by Crippen LogP contribution is 2.33. The van der Waals surface area contributed by atoms with Crippen LogP contribution in [0.25, 0.3) is 10.2 Å². The van der Waals surface area contributed by atoms with Crippen molar-refractivity contribution in [2.45, 2.75) is 30.8 Å². The van der Waals surface area contributed by atoms with Crippen LogP contribution >= 0.6 is 11.3 Å². The molecule has 8 nitrogen and oxygen atoms in total. The second-order valence-electron chi connectivity index (χ2n) is 8.94. The molecule has 1 aromatic heterocycles. The number of benzene rings is 3. The lowest BCUT2D eigenvalue weighted by atomic mass is 10.2. The van der Waals surface area contributed by atoms with Gasteiger partial charge in [-0.25, -0.2) is 13.4 Å². The zero-order chi connectivity index (χ0) is 26.7. The van der Waals surface area contributed by atoms with Crippen LogP contribution in [0.4, 0.5) is 10.8 Å². The predicted molar refractivity (Wildman–Crippen MR) is 150 cm³/mol. The molecule has 1 saturated heterocycles. The van der Waals surface area contributed by atoms with Gasteiger partial charge in [0.05, 0.1) is 40.1 Å². The number of sulfonamides is 1. The molecule has 1 aliphatic rings. The summed E-state index contributed by atoms with van der Waals surface area (Å²) in [6, 6.07) is 20.6. The molecule has 38 heavy (non-hydrogen) atoms. The number of carbonyl (C=O) groups excluding carboxylic acids is 1. The van der Waals surface area contributed by atoms with E-state index in [0.29, 0.717) is 36.1 Å². The van der Waals surface area contributed by atoms with Gasteiger partial charge in [-0.1, -0.05) is 29.5 Å². The summed E-state index contributed by atoms with van der Waals surface area (Å²) in [5.74, 6) is 0.495. The monoisotopic (exact) mass is 551 g/mol. The summed E-state index contributed by atoms with van der Waals surface area (Å²) in [5, 5.41) is 0.564. The molecule has 0 aliphatic carbocycles. The molecule has 0 radical (unpaired) electrons. The van der Waals surface area contributed by atoms with Crippen LogP contribution in [0.2, 0.25) is 0 Å². The minimum atomic E-state index is -3.79. The first-order valence-corrected chi connectivity index (χ1v) is 14.7. The molecule has 0 saturated carbocycles. The van der Waals surface area contributed by atoms with Crippen molar-refractivity contribution in [2.24, 2.45) is 0 Å². The smallest absolute Gasteiger partial charge is 0.264 e. The van der Waals surface area contributed by atoms with Crippen LogP contribution in [0.5, 0.6) is 5.75 Å². The number of hydrogen-bond donors (Lipinski definition) is 0. The van der Waals surface area contributed by atoms with Crippen molar-refractivity contribution in [3.8, 4) is 5.75 Å². The summed E-state index contributed by atoms with van der Waals surface area (Å²) in [5.41, 5.74) is 1.71. The molecule has 10 heteroatoms. The van der Waals surface area contributed by atoms with Gasteiger partial charge in [-0.2, -0.15) is 0 Å². The van der Waals surface area contributed by atoms with Gasteiger partial charge in [0.25, 0.3) is 15.9 Å². The van der Waals surface area contributed by atoms with Gasteiger partial charge in [-0.15, -0.1) is 0 Å². The average Bonchev–Trinajstić information content (AvgIpc) is 3.61. The number of nitrogens with zero attached hydrogens (tertiary/aromatic N) is 3. The maximum atomic E-state index is 13.7. The Balaban J connectivity index is 1.43. The number of carbonyl (C=O) groups is 1. The van der Waals surface area contributed by atoms with E-state index in [0.717, 1.165) is 28.8 Å². The zero-order valence-corrected chi connectivity index (χ0v) is 22.9. The molecule has 1 amide bonds. The fourth-order valence-electron chi connectivity index (χ4n) is 4.36. The Morgan fingerprint density at radius 3 is 2.55 bits per heavy atom. The maximum Gasteiger partial charge on any atom is 0.264 e. The Morgan fingerprint density at radius 1 is 1.11 bits per heavy atom. The molecule has 3 aromatic carbocycles. The van der Waals surface area contributed by atoms with Crippen molar-refractivity contribution < 1.29 is 22.7 Å².